The molecule has 1 aliphatic rings. The van der Waals surface area contributed by atoms with Crippen LogP contribution in [0.15, 0.2) is 42.5 Å². The Morgan fingerprint density at radius 3 is 2.57 bits per heavy atom. The Balaban J connectivity index is 1.91. The van der Waals surface area contributed by atoms with Crippen LogP contribution in [0.2, 0.25) is 0 Å². The number of benzene rings is 2. The first kappa shape index (κ1) is 14.1. The van der Waals surface area contributed by atoms with Crippen molar-refractivity contribution in [2.75, 3.05) is 0 Å². The molecule has 0 spiro atoms. The molecule has 0 aliphatic heterocycles. The molecule has 2 aromatic carbocycles. The predicted molar refractivity (Wildman–Crippen MR) is 85.4 cm³/mol. The zero-order valence-corrected chi connectivity index (χ0v) is 12.5. The molecule has 0 amide bonds. The van der Waals surface area contributed by atoms with E-state index in [0.29, 0.717) is 5.92 Å². The van der Waals surface area contributed by atoms with Crippen molar-refractivity contribution >= 4 is 16.7 Å². The molecule has 2 aromatic rings. The van der Waals surface area contributed by atoms with E-state index in [2.05, 4.69) is 43.3 Å². The fourth-order valence-corrected chi connectivity index (χ4v) is 3.80. The molecule has 0 bridgehead atoms. The molecule has 2 nitrogen and oxygen atoms in total. The number of hydrogen-bond donors (Lipinski definition) is 1. The number of hydrogen-bond acceptors (Lipinski definition) is 1. The largest absolute Gasteiger partial charge is 0.481 e. The lowest BCUT2D eigenvalue weighted by Crippen LogP contribution is -2.30. The molecule has 1 N–H and O–H groups in total. The maximum atomic E-state index is 11.5. The summed E-state index contributed by atoms with van der Waals surface area (Å²) in [6.45, 7) is 2.19. The highest BCUT2D eigenvalue weighted by atomic mass is 16.4. The van der Waals surface area contributed by atoms with Crippen molar-refractivity contribution in [1.82, 2.24) is 0 Å². The Morgan fingerprint density at radius 1 is 1.10 bits per heavy atom. The van der Waals surface area contributed by atoms with Crippen molar-refractivity contribution in [1.29, 1.82) is 0 Å². The molecule has 21 heavy (non-hydrogen) atoms. The van der Waals surface area contributed by atoms with Crippen molar-refractivity contribution in [3.8, 4) is 0 Å². The number of carboxylic acids is 1. The van der Waals surface area contributed by atoms with Gasteiger partial charge in [0.25, 0.3) is 0 Å². The molecule has 0 aromatic heterocycles. The van der Waals surface area contributed by atoms with Gasteiger partial charge in [0.15, 0.2) is 0 Å². The molecule has 0 heterocycles. The minimum absolute atomic E-state index is 0.180. The first-order chi connectivity index (χ1) is 10.2. The molecular weight excluding hydrogens is 260 g/mol. The SMILES string of the molecule is CC(c1ccc2ccccc2c1)C1CCCCC1C(=O)O. The monoisotopic (exact) mass is 282 g/mol. The number of fused-ring (bicyclic) bond motifs is 1. The minimum Gasteiger partial charge on any atom is -0.481 e. The van der Waals surface area contributed by atoms with E-state index < -0.39 is 5.97 Å². The molecular formula is C19H22O2. The van der Waals surface area contributed by atoms with E-state index in [9.17, 15) is 9.90 Å². The third-order valence-electron chi connectivity index (χ3n) is 5.08. The first-order valence-electron chi connectivity index (χ1n) is 7.88. The Kier molecular flexibility index (Phi) is 3.96. The van der Waals surface area contributed by atoms with Gasteiger partial charge in [-0.15, -0.1) is 0 Å². The molecule has 3 rings (SSSR count). The summed E-state index contributed by atoms with van der Waals surface area (Å²) in [6.07, 6.45) is 4.08. The maximum Gasteiger partial charge on any atom is 0.306 e. The van der Waals surface area contributed by atoms with Gasteiger partial charge < -0.3 is 5.11 Å². The van der Waals surface area contributed by atoms with E-state index in [1.165, 1.54) is 16.3 Å². The number of aliphatic carboxylic acids is 1. The van der Waals surface area contributed by atoms with Crippen LogP contribution in [0.5, 0.6) is 0 Å². The standard InChI is InChI=1S/C19H22O2/c1-13(17-8-4-5-9-18(17)19(20)21)15-11-10-14-6-2-3-7-16(14)12-15/h2-3,6-7,10-13,17-18H,4-5,8-9H2,1H3,(H,20,21). The lowest BCUT2D eigenvalue weighted by molar-refractivity contribution is -0.145. The predicted octanol–water partition coefficient (Wildman–Crippen LogP) is 4.83. The van der Waals surface area contributed by atoms with E-state index in [-0.39, 0.29) is 11.8 Å². The average Bonchev–Trinajstić information content (AvgIpc) is 2.53. The highest BCUT2D eigenvalue weighted by Crippen LogP contribution is 2.40. The van der Waals surface area contributed by atoms with E-state index in [4.69, 9.17) is 0 Å². The lowest BCUT2D eigenvalue weighted by atomic mass is 9.71. The minimum atomic E-state index is -0.618. The van der Waals surface area contributed by atoms with E-state index in [1.54, 1.807) is 0 Å². The van der Waals surface area contributed by atoms with Crippen LogP contribution in [-0.4, -0.2) is 11.1 Å². The van der Waals surface area contributed by atoms with Gasteiger partial charge in [-0.1, -0.05) is 62.2 Å². The molecule has 0 saturated heterocycles. The van der Waals surface area contributed by atoms with Gasteiger partial charge in [0.1, 0.15) is 0 Å². The second-order valence-electron chi connectivity index (χ2n) is 6.29. The molecule has 110 valence electrons. The second-order valence-corrected chi connectivity index (χ2v) is 6.29. The Hall–Kier alpha value is -1.83. The Labute approximate surface area is 125 Å². The number of rotatable bonds is 3. The molecule has 1 fully saturated rings. The van der Waals surface area contributed by atoms with Gasteiger partial charge in [0, 0.05) is 0 Å². The van der Waals surface area contributed by atoms with Crippen LogP contribution in [0.3, 0.4) is 0 Å². The average molecular weight is 282 g/mol. The summed E-state index contributed by atoms with van der Waals surface area (Å²) < 4.78 is 0. The molecule has 1 aliphatic carbocycles. The van der Waals surface area contributed by atoms with Crippen LogP contribution < -0.4 is 0 Å². The van der Waals surface area contributed by atoms with Crippen molar-refractivity contribution in [2.24, 2.45) is 11.8 Å². The van der Waals surface area contributed by atoms with Crippen LogP contribution in [0.1, 0.15) is 44.1 Å². The summed E-state index contributed by atoms with van der Waals surface area (Å²) in [6, 6.07) is 14.9. The molecule has 3 atom stereocenters. The Morgan fingerprint density at radius 2 is 1.81 bits per heavy atom. The van der Waals surface area contributed by atoms with Crippen molar-refractivity contribution in [2.45, 2.75) is 38.5 Å². The van der Waals surface area contributed by atoms with Crippen LogP contribution in [0.4, 0.5) is 0 Å². The molecule has 3 unspecified atom stereocenters. The normalized spacial score (nSPS) is 23.9. The summed E-state index contributed by atoms with van der Waals surface area (Å²) in [5.74, 6) is -0.235. The third kappa shape index (κ3) is 2.80. The van der Waals surface area contributed by atoms with Gasteiger partial charge in [-0.3, -0.25) is 4.79 Å². The number of carboxylic acid groups (broad SMARTS) is 1. The quantitative estimate of drug-likeness (QED) is 0.875. The zero-order chi connectivity index (χ0) is 14.8. The summed E-state index contributed by atoms with van der Waals surface area (Å²) in [5.41, 5.74) is 1.27. The smallest absolute Gasteiger partial charge is 0.306 e. The van der Waals surface area contributed by atoms with E-state index in [1.807, 2.05) is 6.07 Å². The summed E-state index contributed by atoms with van der Waals surface area (Å²) in [4.78, 5) is 11.5. The fraction of sp³-hybridized carbons (Fsp3) is 0.421. The van der Waals surface area contributed by atoms with Crippen molar-refractivity contribution in [3.63, 3.8) is 0 Å². The van der Waals surface area contributed by atoms with Crippen molar-refractivity contribution < 1.29 is 9.90 Å². The summed E-state index contributed by atoms with van der Waals surface area (Å²) in [7, 11) is 0. The molecule has 2 heteroatoms. The van der Waals surface area contributed by atoms with Gasteiger partial charge >= 0.3 is 5.97 Å². The highest BCUT2D eigenvalue weighted by Gasteiger charge is 2.34. The topological polar surface area (TPSA) is 37.3 Å². The van der Waals surface area contributed by atoms with Gasteiger partial charge in [0.05, 0.1) is 5.92 Å². The summed E-state index contributed by atoms with van der Waals surface area (Å²) >= 11 is 0. The lowest BCUT2D eigenvalue weighted by Gasteiger charge is -2.33. The second kappa shape index (κ2) is 5.88. The van der Waals surface area contributed by atoms with E-state index >= 15 is 0 Å². The number of carbonyl (C=O) groups is 1. The van der Waals surface area contributed by atoms with Crippen LogP contribution >= 0.6 is 0 Å². The summed E-state index contributed by atoms with van der Waals surface area (Å²) in [5, 5.41) is 12.0. The van der Waals surface area contributed by atoms with E-state index in [0.717, 1.165) is 25.7 Å². The molecule has 0 radical (unpaired) electrons. The van der Waals surface area contributed by atoms with Crippen molar-refractivity contribution in [3.05, 3.63) is 48.0 Å². The van der Waals surface area contributed by atoms with Gasteiger partial charge in [-0.2, -0.15) is 0 Å². The van der Waals surface area contributed by atoms with Crippen LogP contribution in [0, 0.1) is 11.8 Å². The third-order valence-corrected chi connectivity index (χ3v) is 5.08. The molecule has 1 saturated carbocycles. The highest BCUT2D eigenvalue weighted by molar-refractivity contribution is 5.83. The van der Waals surface area contributed by atoms with Crippen LogP contribution in [0.25, 0.3) is 10.8 Å². The fourth-order valence-electron chi connectivity index (χ4n) is 3.80. The van der Waals surface area contributed by atoms with Gasteiger partial charge in [-0.25, -0.2) is 0 Å². The first-order valence-corrected chi connectivity index (χ1v) is 7.88. The van der Waals surface area contributed by atoms with Crippen LogP contribution in [-0.2, 0) is 4.79 Å². The Bertz CT molecular complexity index is 647. The maximum absolute atomic E-state index is 11.5. The zero-order valence-electron chi connectivity index (χ0n) is 12.5. The van der Waals surface area contributed by atoms with Gasteiger partial charge in [0.2, 0.25) is 0 Å². The van der Waals surface area contributed by atoms with Gasteiger partial charge in [-0.05, 0) is 41.0 Å².